The van der Waals surface area contributed by atoms with Crippen LogP contribution in [-0.2, 0) is 11.0 Å². The van der Waals surface area contributed by atoms with E-state index < -0.39 is 29.2 Å². The lowest BCUT2D eigenvalue weighted by Crippen LogP contribution is -2.38. The Hall–Kier alpha value is -2.25. The number of rotatable bonds is 2. The molecule has 1 saturated carbocycles. The van der Waals surface area contributed by atoms with E-state index >= 15 is 0 Å². The fraction of sp³-hybridized carbons (Fsp3) is 0.500. The number of hydrogen-bond acceptors (Lipinski definition) is 2. The summed E-state index contributed by atoms with van der Waals surface area (Å²) in [7, 11) is 0. The number of urea groups is 1. The number of alkyl halides is 3. The van der Waals surface area contributed by atoms with Gasteiger partial charge in [-0.1, -0.05) is 6.42 Å². The van der Waals surface area contributed by atoms with Crippen molar-refractivity contribution in [1.82, 2.24) is 4.90 Å². The molecule has 1 heterocycles. The fourth-order valence-corrected chi connectivity index (χ4v) is 3.74. The lowest BCUT2D eigenvalue weighted by molar-refractivity contribution is -0.149. The number of benzene rings is 1. The van der Waals surface area contributed by atoms with Gasteiger partial charge in [-0.2, -0.15) is 13.2 Å². The minimum Gasteiger partial charge on any atom is -0.481 e. The smallest absolute Gasteiger partial charge is 0.416 e. The lowest BCUT2D eigenvalue weighted by Gasteiger charge is -2.23. The third-order valence-corrected chi connectivity index (χ3v) is 5.05. The van der Waals surface area contributed by atoms with Crippen molar-refractivity contribution in [2.75, 3.05) is 18.4 Å². The van der Waals surface area contributed by atoms with E-state index in [2.05, 4.69) is 5.32 Å². The van der Waals surface area contributed by atoms with Crippen molar-refractivity contribution in [3.63, 3.8) is 0 Å². The first-order valence-electron chi connectivity index (χ1n) is 7.69. The van der Waals surface area contributed by atoms with Crippen molar-refractivity contribution >= 4 is 17.7 Å². The minimum absolute atomic E-state index is 0.0617. The highest BCUT2D eigenvalue weighted by Gasteiger charge is 2.55. The molecular formula is C16H17F3N2O3. The van der Waals surface area contributed by atoms with E-state index in [1.54, 1.807) is 0 Å². The molecule has 5 nitrogen and oxygen atoms in total. The molecule has 0 radical (unpaired) electrons. The van der Waals surface area contributed by atoms with Crippen molar-refractivity contribution in [3.05, 3.63) is 29.8 Å². The van der Waals surface area contributed by atoms with E-state index in [4.69, 9.17) is 0 Å². The summed E-state index contributed by atoms with van der Waals surface area (Å²) < 4.78 is 37.6. The number of anilines is 1. The molecule has 3 rings (SSSR count). The maximum atomic E-state index is 12.5. The average Bonchev–Trinajstić information content (AvgIpc) is 3.04. The predicted octanol–water partition coefficient (Wildman–Crippen LogP) is 3.42. The van der Waals surface area contributed by atoms with Gasteiger partial charge in [0.15, 0.2) is 0 Å². The van der Waals surface area contributed by atoms with Gasteiger partial charge in [0.2, 0.25) is 0 Å². The Morgan fingerprint density at radius 2 is 1.92 bits per heavy atom. The van der Waals surface area contributed by atoms with E-state index in [0.717, 1.165) is 25.0 Å². The second-order valence-electron chi connectivity index (χ2n) is 6.44. The predicted molar refractivity (Wildman–Crippen MR) is 79.4 cm³/mol. The SMILES string of the molecule is O=C(Nc1ccc(C(F)(F)F)cc1)N1C[C@@H]2CCC[C@@]2(C(=O)O)C1. The highest BCUT2D eigenvalue weighted by molar-refractivity contribution is 5.90. The minimum atomic E-state index is -4.43. The Bertz CT molecular complexity index is 660. The molecule has 0 bridgehead atoms. The van der Waals surface area contributed by atoms with Crippen LogP contribution in [0.4, 0.5) is 23.7 Å². The van der Waals surface area contributed by atoms with Crippen molar-refractivity contribution in [2.24, 2.45) is 11.3 Å². The van der Waals surface area contributed by atoms with E-state index in [-0.39, 0.29) is 18.2 Å². The van der Waals surface area contributed by atoms with Crippen LogP contribution < -0.4 is 5.32 Å². The largest absolute Gasteiger partial charge is 0.481 e. The van der Waals surface area contributed by atoms with E-state index in [1.807, 2.05) is 0 Å². The van der Waals surface area contributed by atoms with Crippen LogP contribution in [0.5, 0.6) is 0 Å². The number of hydrogen-bond donors (Lipinski definition) is 2. The molecule has 8 heteroatoms. The topological polar surface area (TPSA) is 69.6 Å². The Morgan fingerprint density at radius 1 is 1.25 bits per heavy atom. The zero-order valence-electron chi connectivity index (χ0n) is 12.8. The number of carboxylic acid groups (broad SMARTS) is 1. The van der Waals surface area contributed by atoms with Gasteiger partial charge in [0.1, 0.15) is 0 Å². The maximum absolute atomic E-state index is 12.5. The Balaban J connectivity index is 1.67. The lowest BCUT2D eigenvalue weighted by atomic mass is 9.81. The quantitative estimate of drug-likeness (QED) is 0.865. The Labute approximate surface area is 136 Å². The second kappa shape index (κ2) is 5.68. The number of aliphatic carboxylic acids is 1. The van der Waals surface area contributed by atoms with Gasteiger partial charge < -0.3 is 15.3 Å². The standard InChI is InChI=1S/C16H17F3N2O3/c17-16(18,19)10-3-5-12(6-4-10)20-14(24)21-8-11-2-1-7-15(11,9-21)13(22)23/h3-6,11H,1-2,7-9H2,(H,20,24)(H,22,23)/t11-,15+/m0/s1. The van der Waals surface area contributed by atoms with Crippen molar-refractivity contribution in [2.45, 2.75) is 25.4 Å². The number of carbonyl (C=O) groups excluding carboxylic acids is 1. The number of amides is 2. The molecule has 1 aromatic carbocycles. The number of fused-ring (bicyclic) bond motifs is 1. The summed E-state index contributed by atoms with van der Waals surface area (Å²) in [6, 6.07) is 3.68. The summed E-state index contributed by atoms with van der Waals surface area (Å²) in [6.45, 7) is 0.498. The summed E-state index contributed by atoms with van der Waals surface area (Å²) >= 11 is 0. The number of halogens is 3. The van der Waals surface area contributed by atoms with Gasteiger partial charge in [-0.3, -0.25) is 4.79 Å². The van der Waals surface area contributed by atoms with Crippen LogP contribution in [0.15, 0.2) is 24.3 Å². The zero-order valence-corrected chi connectivity index (χ0v) is 12.8. The molecule has 2 aliphatic rings. The first kappa shape index (κ1) is 16.6. The summed E-state index contributed by atoms with van der Waals surface area (Å²) in [5.74, 6) is -0.941. The number of likely N-dealkylation sites (tertiary alicyclic amines) is 1. The molecule has 1 aliphatic carbocycles. The van der Waals surface area contributed by atoms with Gasteiger partial charge in [-0.25, -0.2) is 4.79 Å². The summed E-state index contributed by atoms with van der Waals surface area (Å²) in [5, 5.41) is 12.0. The third kappa shape index (κ3) is 2.81. The van der Waals surface area contributed by atoms with Crippen LogP contribution in [0.1, 0.15) is 24.8 Å². The number of carboxylic acids is 1. The molecule has 1 aliphatic heterocycles. The van der Waals surface area contributed by atoms with Crippen LogP contribution in [0.3, 0.4) is 0 Å². The molecule has 1 saturated heterocycles. The third-order valence-electron chi connectivity index (χ3n) is 5.05. The maximum Gasteiger partial charge on any atom is 0.416 e. The number of carbonyl (C=O) groups is 2. The first-order chi connectivity index (χ1) is 11.2. The molecule has 0 aromatic heterocycles. The molecule has 2 amide bonds. The van der Waals surface area contributed by atoms with Crippen molar-refractivity contribution < 1.29 is 27.9 Å². The van der Waals surface area contributed by atoms with Gasteiger partial charge in [-0.05, 0) is 43.0 Å². The van der Waals surface area contributed by atoms with E-state index in [1.165, 1.54) is 17.0 Å². The van der Waals surface area contributed by atoms with Crippen LogP contribution in [0.25, 0.3) is 0 Å². The van der Waals surface area contributed by atoms with Crippen LogP contribution >= 0.6 is 0 Å². The molecule has 2 fully saturated rings. The van der Waals surface area contributed by atoms with Gasteiger partial charge in [-0.15, -0.1) is 0 Å². The van der Waals surface area contributed by atoms with E-state index in [0.29, 0.717) is 13.0 Å². The van der Waals surface area contributed by atoms with Gasteiger partial charge in [0.25, 0.3) is 0 Å². The molecule has 0 unspecified atom stereocenters. The van der Waals surface area contributed by atoms with Crippen molar-refractivity contribution in [1.29, 1.82) is 0 Å². The molecular weight excluding hydrogens is 325 g/mol. The molecule has 2 N–H and O–H groups in total. The van der Waals surface area contributed by atoms with Crippen LogP contribution in [0, 0.1) is 11.3 Å². The van der Waals surface area contributed by atoms with Crippen molar-refractivity contribution in [3.8, 4) is 0 Å². The van der Waals surface area contributed by atoms with Crippen LogP contribution in [-0.4, -0.2) is 35.1 Å². The summed E-state index contributed by atoms with van der Waals surface area (Å²) in [5.41, 5.74) is -1.42. The molecule has 0 spiro atoms. The summed E-state index contributed by atoms with van der Waals surface area (Å²) in [4.78, 5) is 25.3. The second-order valence-corrected chi connectivity index (χ2v) is 6.44. The van der Waals surface area contributed by atoms with Crippen LogP contribution in [0.2, 0.25) is 0 Å². The Morgan fingerprint density at radius 3 is 2.46 bits per heavy atom. The monoisotopic (exact) mass is 342 g/mol. The Kier molecular flexibility index (Phi) is 3.93. The first-order valence-corrected chi connectivity index (χ1v) is 7.69. The van der Waals surface area contributed by atoms with Gasteiger partial charge in [0, 0.05) is 18.8 Å². The van der Waals surface area contributed by atoms with Gasteiger partial charge >= 0.3 is 18.2 Å². The fourth-order valence-electron chi connectivity index (χ4n) is 3.74. The van der Waals surface area contributed by atoms with Gasteiger partial charge in [0.05, 0.1) is 11.0 Å². The van der Waals surface area contributed by atoms with E-state index in [9.17, 15) is 27.9 Å². The highest BCUT2D eigenvalue weighted by Crippen LogP contribution is 2.48. The molecule has 24 heavy (non-hydrogen) atoms. The molecule has 2 atom stereocenters. The average molecular weight is 342 g/mol. The number of nitrogens with zero attached hydrogens (tertiary/aromatic N) is 1. The molecule has 1 aromatic rings. The normalized spacial score (nSPS) is 26.3. The zero-order chi connectivity index (χ0) is 17.5. The molecule has 130 valence electrons. The summed E-state index contributed by atoms with van der Waals surface area (Å²) in [6.07, 6.45) is -2.26. The highest BCUT2D eigenvalue weighted by atomic mass is 19.4. The number of nitrogens with one attached hydrogen (secondary N) is 1.